The summed E-state index contributed by atoms with van der Waals surface area (Å²) in [5.74, 6) is 0.222. The summed E-state index contributed by atoms with van der Waals surface area (Å²) in [6.45, 7) is 2.84. The van der Waals surface area contributed by atoms with Crippen LogP contribution in [-0.2, 0) is 16.4 Å². The lowest BCUT2D eigenvalue weighted by Crippen LogP contribution is -2.46. The van der Waals surface area contributed by atoms with Crippen LogP contribution in [0, 0.1) is 0 Å². The van der Waals surface area contributed by atoms with Crippen molar-refractivity contribution in [3.63, 3.8) is 0 Å². The van der Waals surface area contributed by atoms with Crippen molar-refractivity contribution in [3.05, 3.63) is 90.0 Å². The van der Waals surface area contributed by atoms with E-state index in [4.69, 9.17) is 17.0 Å². The molecule has 1 heterocycles. The highest BCUT2D eigenvalue weighted by atomic mass is 32.2. The number of piperazine rings is 1. The van der Waals surface area contributed by atoms with Gasteiger partial charge in [-0.3, -0.25) is 10.1 Å². The topological polar surface area (TPSA) is 91.0 Å². The zero-order chi connectivity index (χ0) is 26.3. The Morgan fingerprint density at radius 3 is 2.35 bits per heavy atom. The molecule has 1 aliphatic rings. The Labute approximate surface area is 223 Å². The number of amides is 1. The van der Waals surface area contributed by atoms with Gasteiger partial charge in [-0.2, -0.15) is 4.31 Å². The second kappa shape index (κ2) is 12.3. The highest BCUT2D eigenvalue weighted by Gasteiger charge is 2.27. The Morgan fingerprint density at radius 2 is 1.65 bits per heavy atom. The van der Waals surface area contributed by atoms with Crippen LogP contribution in [0.1, 0.15) is 15.9 Å². The fraction of sp³-hybridized carbons (Fsp3) is 0.259. The average Bonchev–Trinajstić information content (AvgIpc) is 2.90. The molecule has 0 radical (unpaired) electrons. The normalized spacial score (nSPS) is 14.6. The van der Waals surface area contributed by atoms with E-state index in [1.807, 2.05) is 37.4 Å². The first kappa shape index (κ1) is 26.7. The number of hydrogen-bond acceptors (Lipinski definition) is 6. The standard InChI is InChI=1S/C27H30N4O4S2/c1-30-15-17-31(18-16-30)37(33,34)25-12-10-23(11-13-25)28-27(36)29-26(32)22-8-5-9-24(20-22)35-19-14-21-6-3-2-4-7-21/h2-13,20H,14-19H2,1H3,(H2,28,29,32,36). The number of carbonyl (C=O) groups is 1. The van der Waals surface area contributed by atoms with Crippen molar-refractivity contribution in [1.82, 2.24) is 14.5 Å². The Morgan fingerprint density at radius 1 is 0.946 bits per heavy atom. The van der Waals surface area contributed by atoms with E-state index >= 15 is 0 Å². The Bertz CT molecular complexity index is 1320. The molecule has 1 aliphatic heterocycles. The van der Waals surface area contributed by atoms with E-state index in [9.17, 15) is 13.2 Å². The van der Waals surface area contributed by atoms with E-state index < -0.39 is 10.0 Å². The maximum Gasteiger partial charge on any atom is 0.257 e. The van der Waals surface area contributed by atoms with Gasteiger partial charge in [0.2, 0.25) is 10.0 Å². The van der Waals surface area contributed by atoms with Gasteiger partial charge in [0, 0.05) is 43.9 Å². The summed E-state index contributed by atoms with van der Waals surface area (Å²) in [5, 5.41) is 5.68. The van der Waals surface area contributed by atoms with Crippen LogP contribution >= 0.6 is 12.2 Å². The van der Waals surface area contributed by atoms with Crippen molar-refractivity contribution in [3.8, 4) is 5.75 Å². The highest BCUT2D eigenvalue weighted by molar-refractivity contribution is 7.89. The molecule has 37 heavy (non-hydrogen) atoms. The number of nitrogens with zero attached hydrogens (tertiary/aromatic N) is 2. The molecule has 0 aromatic heterocycles. The van der Waals surface area contributed by atoms with Crippen LogP contribution in [0.2, 0.25) is 0 Å². The predicted octanol–water partition coefficient (Wildman–Crippen LogP) is 3.37. The van der Waals surface area contributed by atoms with Gasteiger partial charge in [0.05, 0.1) is 11.5 Å². The SMILES string of the molecule is CN1CCN(S(=O)(=O)c2ccc(NC(=S)NC(=O)c3cccc(OCCc4ccccc4)c3)cc2)CC1. The van der Waals surface area contributed by atoms with Crippen molar-refractivity contribution < 1.29 is 17.9 Å². The van der Waals surface area contributed by atoms with E-state index in [0.29, 0.717) is 49.8 Å². The largest absolute Gasteiger partial charge is 0.493 e. The summed E-state index contributed by atoms with van der Waals surface area (Å²) >= 11 is 5.28. The number of rotatable bonds is 8. The van der Waals surface area contributed by atoms with Crippen LogP contribution < -0.4 is 15.4 Å². The number of hydrogen-bond donors (Lipinski definition) is 2. The molecule has 8 nitrogen and oxygen atoms in total. The van der Waals surface area contributed by atoms with Gasteiger partial charge < -0.3 is 15.0 Å². The predicted molar refractivity (Wildman–Crippen MR) is 148 cm³/mol. The van der Waals surface area contributed by atoms with Crippen molar-refractivity contribution in [2.45, 2.75) is 11.3 Å². The molecule has 194 valence electrons. The fourth-order valence-electron chi connectivity index (χ4n) is 3.88. The number of sulfonamides is 1. The summed E-state index contributed by atoms with van der Waals surface area (Å²) in [4.78, 5) is 15.0. The third-order valence-corrected chi connectivity index (χ3v) is 8.15. The number of ether oxygens (including phenoxy) is 1. The third-order valence-electron chi connectivity index (χ3n) is 6.04. The minimum Gasteiger partial charge on any atom is -0.493 e. The highest BCUT2D eigenvalue weighted by Crippen LogP contribution is 2.20. The molecule has 0 bridgehead atoms. The number of benzene rings is 3. The molecule has 0 atom stereocenters. The van der Waals surface area contributed by atoms with E-state index in [0.717, 1.165) is 6.42 Å². The van der Waals surface area contributed by atoms with Gasteiger partial charge in [0.15, 0.2) is 5.11 Å². The molecule has 1 amide bonds. The van der Waals surface area contributed by atoms with Gasteiger partial charge in [-0.05, 0) is 67.3 Å². The van der Waals surface area contributed by atoms with Crippen LogP contribution in [0.15, 0.2) is 83.8 Å². The van der Waals surface area contributed by atoms with Crippen LogP contribution in [0.4, 0.5) is 5.69 Å². The quantitative estimate of drug-likeness (QED) is 0.425. The molecule has 4 rings (SSSR count). The molecule has 0 unspecified atom stereocenters. The second-order valence-corrected chi connectivity index (χ2v) is 11.1. The van der Waals surface area contributed by atoms with Crippen molar-refractivity contribution in [2.75, 3.05) is 45.2 Å². The summed E-state index contributed by atoms with van der Waals surface area (Å²) in [6, 6.07) is 23.3. The third kappa shape index (κ3) is 7.36. The monoisotopic (exact) mass is 538 g/mol. The first-order valence-electron chi connectivity index (χ1n) is 12.0. The molecule has 3 aromatic carbocycles. The van der Waals surface area contributed by atoms with Crippen LogP contribution in [0.5, 0.6) is 5.75 Å². The molecule has 1 fully saturated rings. The molecule has 3 aromatic rings. The number of nitrogens with one attached hydrogen (secondary N) is 2. The van der Waals surface area contributed by atoms with Gasteiger partial charge in [0.1, 0.15) is 5.75 Å². The molecule has 0 saturated carbocycles. The smallest absolute Gasteiger partial charge is 0.257 e. The van der Waals surface area contributed by atoms with E-state index in [1.54, 1.807) is 36.4 Å². The molecule has 1 saturated heterocycles. The van der Waals surface area contributed by atoms with Gasteiger partial charge in [-0.25, -0.2) is 8.42 Å². The summed E-state index contributed by atoms with van der Waals surface area (Å²) in [6.07, 6.45) is 0.765. The van der Waals surface area contributed by atoms with E-state index in [-0.39, 0.29) is 15.9 Å². The number of anilines is 1. The Balaban J connectivity index is 1.29. The van der Waals surface area contributed by atoms with Gasteiger partial charge in [0.25, 0.3) is 5.91 Å². The van der Waals surface area contributed by atoms with Gasteiger partial charge >= 0.3 is 0 Å². The lowest BCUT2D eigenvalue weighted by Gasteiger charge is -2.31. The summed E-state index contributed by atoms with van der Waals surface area (Å²) in [5.41, 5.74) is 2.16. The molecule has 0 spiro atoms. The maximum absolute atomic E-state index is 12.9. The molecule has 0 aliphatic carbocycles. The minimum atomic E-state index is -3.55. The van der Waals surface area contributed by atoms with Crippen molar-refractivity contribution >= 4 is 38.9 Å². The molecular weight excluding hydrogens is 508 g/mol. The summed E-state index contributed by atoms with van der Waals surface area (Å²) < 4.78 is 33.1. The Hall–Kier alpha value is -3.31. The minimum absolute atomic E-state index is 0.107. The lowest BCUT2D eigenvalue weighted by molar-refractivity contribution is 0.0977. The zero-order valence-electron chi connectivity index (χ0n) is 20.6. The zero-order valence-corrected chi connectivity index (χ0v) is 22.2. The van der Waals surface area contributed by atoms with E-state index in [1.165, 1.54) is 22.0 Å². The van der Waals surface area contributed by atoms with Crippen molar-refractivity contribution in [2.24, 2.45) is 0 Å². The number of thiocarbonyl (C=S) groups is 1. The van der Waals surface area contributed by atoms with Crippen LogP contribution in [0.25, 0.3) is 0 Å². The fourth-order valence-corrected chi connectivity index (χ4v) is 5.52. The van der Waals surface area contributed by atoms with Gasteiger partial charge in [-0.1, -0.05) is 36.4 Å². The lowest BCUT2D eigenvalue weighted by atomic mass is 10.2. The second-order valence-electron chi connectivity index (χ2n) is 8.75. The number of likely N-dealkylation sites (N-methyl/N-ethyl adjacent to an activating group) is 1. The first-order chi connectivity index (χ1) is 17.8. The van der Waals surface area contributed by atoms with Gasteiger partial charge in [-0.15, -0.1) is 0 Å². The molecular formula is C27H30N4O4S2. The van der Waals surface area contributed by atoms with Crippen molar-refractivity contribution in [1.29, 1.82) is 0 Å². The first-order valence-corrected chi connectivity index (χ1v) is 13.8. The van der Waals surface area contributed by atoms with Crippen LogP contribution in [0.3, 0.4) is 0 Å². The van der Waals surface area contributed by atoms with E-state index in [2.05, 4.69) is 15.5 Å². The maximum atomic E-state index is 12.9. The average molecular weight is 539 g/mol. The Kier molecular flexibility index (Phi) is 8.88. The molecule has 10 heteroatoms. The molecule has 2 N–H and O–H groups in total. The van der Waals surface area contributed by atoms with Crippen LogP contribution in [-0.4, -0.2) is 68.5 Å². The summed E-state index contributed by atoms with van der Waals surface area (Å²) in [7, 11) is -1.57. The number of carbonyl (C=O) groups excluding carboxylic acids is 1.